The fourth-order valence-electron chi connectivity index (χ4n) is 3.30. The quantitative estimate of drug-likeness (QED) is 0.532. The number of amides is 1. The predicted octanol–water partition coefficient (Wildman–Crippen LogP) is 2.91. The summed E-state index contributed by atoms with van der Waals surface area (Å²) in [6.45, 7) is -0.157. The molecule has 32 heavy (non-hydrogen) atoms. The van der Waals surface area contributed by atoms with Gasteiger partial charge in [0.05, 0.1) is 0 Å². The van der Waals surface area contributed by atoms with Gasteiger partial charge in [0, 0.05) is 34.0 Å². The number of carbonyl (C=O) groups excluding carboxylic acids is 2. The number of fused-ring (bicyclic) bond motifs is 1. The number of pyridine rings is 1. The highest BCUT2D eigenvalue weighted by Crippen LogP contribution is 2.17. The van der Waals surface area contributed by atoms with Crippen LogP contribution in [-0.4, -0.2) is 35.8 Å². The van der Waals surface area contributed by atoms with Gasteiger partial charge in [-0.15, -0.1) is 0 Å². The highest BCUT2D eigenvalue weighted by molar-refractivity contribution is 6.30. The largest absolute Gasteiger partial charge is 0.456 e. The number of rotatable bonds is 7. The molecule has 0 spiro atoms. The van der Waals surface area contributed by atoms with Gasteiger partial charge in [0.25, 0.3) is 12.2 Å². The molecule has 1 amide bonds. The zero-order valence-corrected chi connectivity index (χ0v) is 17.5. The van der Waals surface area contributed by atoms with Crippen molar-refractivity contribution in [1.82, 2.24) is 10.3 Å². The summed E-state index contributed by atoms with van der Waals surface area (Å²) >= 11 is 5.89. The first-order valence-electron chi connectivity index (χ1n) is 9.79. The number of aromatic nitrogens is 1. The number of nitrogens with one attached hydrogen (secondary N) is 2. The number of ether oxygens (including phenoxy) is 3. The summed E-state index contributed by atoms with van der Waals surface area (Å²) in [5.41, 5.74) is 1.24. The Labute approximate surface area is 187 Å². The number of H-pyrrole nitrogens is 1. The minimum atomic E-state index is -1.06. The number of hydrogen-bond donors (Lipinski definition) is 2. The SMILES string of the molecule is O=C(NC(Cc1cc(=O)[nH]c2ccccc12)C(=O)OCC1OC=CO1)c1ccc(Cl)cc1. The van der Waals surface area contributed by atoms with Gasteiger partial charge in [-0.05, 0) is 35.9 Å². The predicted molar refractivity (Wildman–Crippen MR) is 117 cm³/mol. The second-order valence-corrected chi connectivity index (χ2v) is 7.48. The van der Waals surface area contributed by atoms with E-state index < -0.39 is 24.2 Å². The third-order valence-corrected chi connectivity index (χ3v) is 5.09. The highest BCUT2D eigenvalue weighted by atomic mass is 35.5. The molecule has 1 aromatic heterocycles. The summed E-state index contributed by atoms with van der Waals surface area (Å²) in [7, 11) is 0. The van der Waals surface area contributed by atoms with Gasteiger partial charge in [-0.3, -0.25) is 9.59 Å². The van der Waals surface area contributed by atoms with Crippen molar-refractivity contribution in [3.63, 3.8) is 0 Å². The topological polar surface area (TPSA) is 107 Å². The standard InChI is InChI=1S/C23H19ClN2O6/c24-16-7-5-14(6-8-16)22(28)26-19(23(29)32-13-21-30-9-10-31-21)11-15-12-20(27)25-18-4-2-1-3-17(15)18/h1-10,12,19,21H,11,13H2,(H,25,27)(H,26,28). The minimum Gasteiger partial charge on any atom is -0.456 e. The molecule has 1 aliphatic rings. The summed E-state index contributed by atoms with van der Waals surface area (Å²) in [5, 5.41) is 3.94. The van der Waals surface area contributed by atoms with Crippen LogP contribution in [0.5, 0.6) is 0 Å². The molecule has 4 rings (SSSR count). The molecule has 0 bridgehead atoms. The molecule has 1 aliphatic heterocycles. The van der Waals surface area contributed by atoms with Gasteiger partial charge in [-0.25, -0.2) is 4.79 Å². The first kappa shape index (κ1) is 21.5. The number of hydrogen-bond acceptors (Lipinski definition) is 6. The molecule has 3 aromatic rings. The van der Waals surface area contributed by atoms with Crippen molar-refractivity contribution >= 4 is 34.4 Å². The number of benzene rings is 2. The minimum absolute atomic E-state index is 0.0488. The molecule has 1 atom stereocenters. The van der Waals surface area contributed by atoms with Gasteiger partial charge in [0.1, 0.15) is 18.6 Å². The van der Waals surface area contributed by atoms with E-state index in [0.717, 1.165) is 5.39 Å². The van der Waals surface area contributed by atoms with Crippen LogP contribution >= 0.6 is 11.6 Å². The van der Waals surface area contributed by atoms with Gasteiger partial charge in [0.15, 0.2) is 6.61 Å². The Morgan fingerprint density at radius 3 is 2.56 bits per heavy atom. The Morgan fingerprint density at radius 2 is 1.81 bits per heavy atom. The first-order valence-corrected chi connectivity index (χ1v) is 10.2. The van der Waals surface area contributed by atoms with Gasteiger partial charge in [-0.1, -0.05) is 29.8 Å². The fraction of sp³-hybridized carbons (Fsp3) is 0.174. The van der Waals surface area contributed by atoms with Crippen LogP contribution in [0.15, 0.2) is 71.9 Å². The molecule has 0 radical (unpaired) electrons. The molecule has 164 valence electrons. The van der Waals surface area contributed by atoms with Crippen LogP contribution in [0.3, 0.4) is 0 Å². The summed E-state index contributed by atoms with van der Waals surface area (Å²) in [4.78, 5) is 40.5. The molecule has 9 heteroatoms. The van der Waals surface area contributed by atoms with E-state index in [4.69, 9.17) is 25.8 Å². The second-order valence-electron chi connectivity index (χ2n) is 7.05. The maximum absolute atomic E-state index is 12.9. The molecule has 0 aliphatic carbocycles. The zero-order valence-electron chi connectivity index (χ0n) is 16.7. The van der Waals surface area contributed by atoms with Crippen LogP contribution in [0.1, 0.15) is 15.9 Å². The molecule has 0 saturated carbocycles. The third-order valence-electron chi connectivity index (χ3n) is 4.83. The van der Waals surface area contributed by atoms with E-state index in [1.165, 1.54) is 18.6 Å². The molecule has 2 heterocycles. The van der Waals surface area contributed by atoms with E-state index in [1.54, 1.807) is 36.4 Å². The van der Waals surface area contributed by atoms with Crippen LogP contribution in [0.2, 0.25) is 5.02 Å². The van der Waals surface area contributed by atoms with E-state index in [0.29, 0.717) is 21.7 Å². The molecular formula is C23H19ClN2O6. The van der Waals surface area contributed by atoms with Gasteiger partial charge in [-0.2, -0.15) is 0 Å². The molecule has 1 unspecified atom stereocenters. The van der Waals surface area contributed by atoms with Gasteiger partial charge < -0.3 is 24.5 Å². The van der Waals surface area contributed by atoms with Crippen molar-refractivity contribution in [3.8, 4) is 0 Å². The van der Waals surface area contributed by atoms with Crippen molar-refractivity contribution < 1.29 is 23.8 Å². The summed E-state index contributed by atoms with van der Waals surface area (Å²) in [6, 6.07) is 13.8. The molecular weight excluding hydrogens is 436 g/mol. The number of halogens is 1. The maximum atomic E-state index is 12.9. The summed E-state index contributed by atoms with van der Waals surface area (Å²) in [6.07, 6.45) is 2.00. The average Bonchev–Trinajstić information content (AvgIpc) is 3.31. The fourth-order valence-corrected chi connectivity index (χ4v) is 3.43. The molecule has 0 fully saturated rings. The highest BCUT2D eigenvalue weighted by Gasteiger charge is 2.26. The van der Waals surface area contributed by atoms with Crippen LogP contribution in [0.25, 0.3) is 10.9 Å². The lowest BCUT2D eigenvalue weighted by molar-refractivity contribution is -0.156. The maximum Gasteiger partial charge on any atom is 0.329 e. The van der Waals surface area contributed by atoms with Crippen molar-refractivity contribution in [3.05, 3.63) is 93.6 Å². The number of para-hydroxylation sites is 1. The van der Waals surface area contributed by atoms with Crippen LogP contribution in [0.4, 0.5) is 0 Å². The first-order chi connectivity index (χ1) is 15.5. The van der Waals surface area contributed by atoms with Crippen molar-refractivity contribution in [2.24, 2.45) is 0 Å². The average molecular weight is 455 g/mol. The summed E-state index contributed by atoms with van der Waals surface area (Å²) in [5.74, 6) is -1.16. The lowest BCUT2D eigenvalue weighted by Gasteiger charge is -2.20. The Bertz CT molecular complexity index is 1210. The number of carbonyl (C=O) groups is 2. The van der Waals surface area contributed by atoms with Crippen molar-refractivity contribution in [2.75, 3.05) is 6.61 Å². The van der Waals surface area contributed by atoms with E-state index >= 15 is 0 Å². The third kappa shape index (κ3) is 5.09. The molecule has 8 nitrogen and oxygen atoms in total. The monoisotopic (exact) mass is 454 g/mol. The lowest BCUT2D eigenvalue weighted by atomic mass is 10.0. The lowest BCUT2D eigenvalue weighted by Crippen LogP contribution is -2.44. The number of esters is 1. The smallest absolute Gasteiger partial charge is 0.329 e. The summed E-state index contributed by atoms with van der Waals surface area (Å²) < 4.78 is 15.5. The Kier molecular flexibility index (Phi) is 6.42. The Hall–Kier alpha value is -3.78. The second kappa shape index (κ2) is 9.57. The van der Waals surface area contributed by atoms with Crippen LogP contribution in [0, 0.1) is 0 Å². The molecule has 0 saturated heterocycles. The van der Waals surface area contributed by atoms with E-state index in [1.807, 2.05) is 12.1 Å². The van der Waals surface area contributed by atoms with E-state index in [9.17, 15) is 14.4 Å². The normalized spacial score (nSPS) is 13.9. The molecule has 2 aromatic carbocycles. The van der Waals surface area contributed by atoms with Crippen molar-refractivity contribution in [1.29, 1.82) is 0 Å². The molecule has 2 N–H and O–H groups in total. The van der Waals surface area contributed by atoms with Gasteiger partial charge >= 0.3 is 5.97 Å². The van der Waals surface area contributed by atoms with Crippen LogP contribution < -0.4 is 10.9 Å². The van der Waals surface area contributed by atoms with Crippen LogP contribution in [-0.2, 0) is 25.4 Å². The zero-order chi connectivity index (χ0) is 22.5. The van der Waals surface area contributed by atoms with Gasteiger partial charge in [0.2, 0.25) is 5.56 Å². The van der Waals surface area contributed by atoms with E-state index in [2.05, 4.69) is 10.3 Å². The van der Waals surface area contributed by atoms with E-state index in [-0.39, 0.29) is 18.6 Å². The number of aromatic amines is 1. The Balaban J connectivity index is 1.58. The Morgan fingerprint density at radius 1 is 1.09 bits per heavy atom. The van der Waals surface area contributed by atoms with Crippen molar-refractivity contribution in [2.45, 2.75) is 18.8 Å².